The lowest BCUT2D eigenvalue weighted by Gasteiger charge is -2.06. The highest BCUT2D eigenvalue weighted by Gasteiger charge is 2.13. The maximum atomic E-state index is 11.3. The van der Waals surface area contributed by atoms with Crippen LogP contribution >= 0.6 is 0 Å². The fraction of sp³-hybridized carbons (Fsp3) is 0.238. The zero-order chi connectivity index (χ0) is 19.2. The molecule has 0 amide bonds. The van der Waals surface area contributed by atoms with Crippen LogP contribution in [0.15, 0.2) is 52.9 Å². The van der Waals surface area contributed by atoms with Crippen molar-refractivity contribution in [2.45, 2.75) is 20.0 Å². The van der Waals surface area contributed by atoms with Gasteiger partial charge in [0.1, 0.15) is 18.1 Å². The first-order chi connectivity index (χ1) is 13.1. The quantitative estimate of drug-likeness (QED) is 0.589. The molecule has 6 heteroatoms. The number of carbonyl (C=O) groups excluding carboxylic acids is 1. The van der Waals surface area contributed by atoms with E-state index in [0.29, 0.717) is 17.4 Å². The Hall–Kier alpha value is -3.28. The Morgan fingerprint density at radius 1 is 1.07 bits per heavy atom. The van der Waals surface area contributed by atoms with Gasteiger partial charge in [0.15, 0.2) is 5.76 Å². The van der Waals surface area contributed by atoms with Crippen molar-refractivity contribution in [2.24, 2.45) is 0 Å². The summed E-state index contributed by atoms with van der Waals surface area (Å²) in [6.07, 6.45) is 0.238. The third-order valence-corrected chi connectivity index (χ3v) is 4.08. The van der Waals surface area contributed by atoms with Crippen molar-refractivity contribution in [1.29, 1.82) is 0 Å². The number of carbonyl (C=O) groups is 1. The standard InChI is InChI=1S/C21H21NO5/c1-14-19(27-21(22-14)16-5-4-6-18(12-16)24-2)13-26-17-9-7-15(8-10-17)11-20(23)25-3/h4-10,12H,11,13H2,1-3H3. The van der Waals surface area contributed by atoms with Gasteiger partial charge >= 0.3 is 5.97 Å². The molecule has 0 N–H and O–H groups in total. The van der Waals surface area contributed by atoms with Crippen LogP contribution in [0.5, 0.6) is 11.5 Å². The third kappa shape index (κ3) is 4.67. The minimum absolute atomic E-state index is 0.238. The van der Waals surface area contributed by atoms with Crippen LogP contribution in [0.25, 0.3) is 11.5 Å². The lowest BCUT2D eigenvalue weighted by Crippen LogP contribution is -2.04. The SMILES string of the molecule is COC(=O)Cc1ccc(OCc2oc(-c3cccc(OC)c3)nc2C)cc1. The number of esters is 1. The number of hydrogen-bond donors (Lipinski definition) is 0. The van der Waals surface area contributed by atoms with Crippen molar-refractivity contribution in [3.63, 3.8) is 0 Å². The topological polar surface area (TPSA) is 70.8 Å². The molecule has 0 bridgehead atoms. The molecule has 0 fully saturated rings. The predicted molar refractivity (Wildman–Crippen MR) is 99.7 cm³/mol. The Morgan fingerprint density at radius 2 is 1.85 bits per heavy atom. The summed E-state index contributed by atoms with van der Waals surface area (Å²) in [6.45, 7) is 2.14. The molecule has 6 nitrogen and oxygen atoms in total. The normalized spacial score (nSPS) is 10.5. The molecule has 0 aliphatic rings. The summed E-state index contributed by atoms with van der Waals surface area (Å²) in [6, 6.07) is 14.8. The van der Waals surface area contributed by atoms with Crippen LogP contribution in [-0.4, -0.2) is 25.2 Å². The van der Waals surface area contributed by atoms with Crippen LogP contribution in [0.4, 0.5) is 0 Å². The summed E-state index contributed by atoms with van der Waals surface area (Å²) < 4.78 is 21.5. The lowest BCUT2D eigenvalue weighted by atomic mass is 10.1. The Labute approximate surface area is 157 Å². The van der Waals surface area contributed by atoms with E-state index in [-0.39, 0.29) is 19.0 Å². The van der Waals surface area contributed by atoms with Crippen molar-refractivity contribution in [3.05, 3.63) is 65.5 Å². The number of nitrogens with zero attached hydrogens (tertiary/aromatic N) is 1. The molecule has 1 aromatic heterocycles. The van der Waals surface area contributed by atoms with Gasteiger partial charge in [-0.15, -0.1) is 0 Å². The maximum absolute atomic E-state index is 11.3. The molecule has 3 rings (SSSR count). The molecule has 0 atom stereocenters. The molecule has 0 unspecified atom stereocenters. The minimum Gasteiger partial charge on any atom is -0.497 e. The molecule has 27 heavy (non-hydrogen) atoms. The van der Waals surface area contributed by atoms with Gasteiger partial charge < -0.3 is 18.6 Å². The van der Waals surface area contributed by atoms with E-state index < -0.39 is 0 Å². The van der Waals surface area contributed by atoms with Crippen molar-refractivity contribution >= 4 is 5.97 Å². The Bertz CT molecular complexity index is 915. The lowest BCUT2D eigenvalue weighted by molar-refractivity contribution is -0.139. The zero-order valence-electron chi connectivity index (χ0n) is 15.5. The summed E-state index contributed by atoms with van der Waals surface area (Å²) in [5.41, 5.74) is 2.48. The van der Waals surface area contributed by atoms with E-state index in [4.69, 9.17) is 13.9 Å². The van der Waals surface area contributed by atoms with Crippen molar-refractivity contribution < 1.29 is 23.4 Å². The molecule has 3 aromatic rings. The number of aryl methyl sites for hydroxylation is 1. The van der Waals surface area contributed by atoms with Gasteiger partial charge in [0.05, 0.1) is 26.3 Å². The van der Waals surface area contributed by atoms with Gasteiger partial charge in [-0.05, 0) is 42.8 Å². The van der Waals surface area contributed by atoms with E-state index >= 15 is 0 Å². The summed E-state index contributed by atoms with van der Waals surface area (Å²) in [5.74, 6) is 2.34. The van der Waals surface area contributed by atoms with Gasteiger partial charge in [-0.3, -0.25) is 4.79 Å². The van der Waals surface area contributed by atoms with Gasteiger partial charge in [-0.25, -0.2) is 4.98 Å². The molecule has 1 heterocycles. The highest BCUT2D eigenvalue weighted by Crippen LogP contribution is 2.26. The molecule has 0 saturated carbocycles. The number of methoxy groups -OCH3 is 2. The molecular formula is C21H21NO5. The van der Waals surface area contributed by atoms with E-state index in [0.717, 1.165) is 22.6 Å². The maximum Gasteiger partial charge on any atom is 0.309 e. The average Bonchev–Trinajstić information content (AvgIpc) is 3.08. The number of benzene rings is 2. The first kappa shape index (κ1) is 18.5. The van der Waals surface area contributed by atoms with Gasteiger partial charge in [0.25, 0.3) is 0 Å². The first-order valence-electron chi connectivity index (χ1n) is 8.48. The number of rotatable bonds is 7. The highest BCUT2D eigenvalue weighted by atomic mass is 16.5. The van der Waals surface area contributed by atoms with Crippen LogP contribution in [0.1, 0.15) is 17.0 Å². The Morgan fingerprint density at radius 3 is 2.56 bits per heavy atom. The van der Waals surface area contributed by atoms with Crippen molar-refractivity contribution in [1.82, 2.24) is 4.98 Å². The van der Waals surface area contributed by atoms with Crippen molar-refractivity contribution in [3.8, 4) is 23.0 Å². The van der Waals surface area contributed by atoms with Crippen molar-refractivity contribution in [2.75, 3.05) is 14.2 Å². The molecule has 0 saturated heterocycles. The number of ether oxygens (including phenoxy) is 3. The number of oxazole rings is 1. The second-order valence-electron chi connectivity index (χ2n) is 5.95. The minimum atomic E-state index is -0.272. The number of hydrogen-bond acceptors (Lipinski definition) is 6. The van der Waals surface area contributed by atoms with Crippen LogP contribution < -0.4 is 9.47 Å². The van der Waals surface area contributed by atoms with Crippen LogP contribution in [0.2, 0.25) is 0 Å². The van der Waals surface area contributed by atoms with E-state index in [1.165, 1.54) is 7.11 Å². The molecule has 0 spiro atoms. The summed E-state index contributed by atoms with van der Waals surface area (Å²) in [5, 5.41) is 0. The summed E-state index contributed by atoms with van der Waals surface area (Å²) in [4.78, 5) is 15.8. The molecule has 2 aromatic carbocycles. The fourth-order valence-corrected chi connectivity index (χ4v) is 2.53. The third-order valence-electron chi connectivity index (χ3n) is 4.08. The second kappa shape index (κ2) is 8.40. The molecular weight excluding hydrogens is 346 g/mol. The predicted octanol–water partition coefficient (Wildman–Crippen LogP) is 3.95. The highest BCUT2D eigenvalue weighted by molar-refractivity contribution is 5.72. The van der Waals surface area contributed by atoms with Gasteiger partial charge in [0, 0.05) is 5.56 Å². The molecule has 0 radical (unpaired) electrons. The smallest absolute Gasteiger partial charge is 0.309 e. The summed E-state index contributed by atoms with van der Waals surface area (Å²) in [7, 11) is 3.00. The Balaban J connectivity index is 1.66. The van der Waals surface area contributed by atoms with Gasteiger partial charge in [-0.2, -0.15) is 0 Å². The Kier molecular flexibility index (Phi) is 5.76. The largest absolute Gasteiger partial charge is 0.497 e. The second-order valence-corrected chi connectivity index (χ2v) is 5.95. The molecule has 140 valence electrons. The van der Waals surface area contributed by atoms with E-state index in [2.05, 4.69) is 9.72 Å². The van der Waals surface area contributed by atoms with Gasteiger partial charge in [0.2, 0.25) is 5.89 Å². The van der Waals surface area contributed by atoms with Gasteiger partial charge in [-0.1, -0.05) is 18.2 Å². The number of aromatic nitrogens is 1. The van der Waals surface area contributed by atoms with Crippen LogP contribution in [0, 0.1) is 6.92 Å². The fourth-order valence-electron chi connectivity index (χ4n) is 2.53. The van der Waals surface area contributed by atoms with Crippen LogP contribution in [0.3, 0.4) is 0 Å². The zero-order valence-corrected chi connectivity index (χ0v) is 15.5. The molecule has 0 aliphatic carbocycles. The van der Waals surface area contributed by atoms with Crippen LogP contribution in [-0.2, 0) is 22.6 Å². The average molecular weight is 367 g/mol. The summed E-state index contributed by atoms with van der Waals surface area (Å²) >= 11 is 0. The van der Waals surface area contributed by atoms with E-state index in [1.807, 2.05) is 55.5 Å². The van der Waals surface area contributed by atoms with E-state index in [1.54, 1.807) is 7.11 Å². The van der Waals surface area contributed by atoms with E-state index in [9.17, 15) is 4.79 Å². The molecule has 0 aliphatic heterocycles. The monoisotopic (exact) mass is 367 g/mol. The first-order valence-corrected chi connectivity index (χ1v) is 8.48.